The maximum absolute atomic E-state index is 13.0. The number of carboxylic acid groups (broad SMARTS) is 2. The third kappa shape index (κ3) is 7.24. The Balaban J connectivity index is 0.000000534. The van der Waals surface area contributed by atoms with Crippen molar-refractivity contribution in [3.05, 3.63) is 59.4 Å². The van der Waals surface area contributed by atoms with E-state index < -0.39 is 11.9 Å². The first-order chi connectivity index (χ1) is 15.2. The van der Waals surface area contributed by atoms with Gasteiger partial charge in [-0.15, -0.1) is 0 Å². The third-order valence-corrected chi connectivity index (χ3v) is 4.76. The van der Waals surface area contributed by atoms with Gasteiger partial charge in [0.05, 0.1) is 14.2 Å². The minimum atomic E-state index is -1.82. The predicted molar refractivity (Wildman–Crippen MR) is 112 cm³/mol. The molecule has 1 saturated heterocycles. The Morgan fingerprint density at radius 3 is 1.81 bits per heavy atom. The molecule has 32 heavy (non-hydrogen) atoms. The van der Waals surface area contributed by atoms with E-state index in [1.165, 1.54) is 12.1 Å². The number of benzene rings is 2. The molecule has 0 radical (unpaired) electrons. The standard InChI is InChI=1S/C20H23FN2O3.C2H2O4/c1-25-18-11-16(12-19(13-18)26-2)20(24)23-9-7-22(8-10-23)14-15-3-5-17(21)6-4-15;3-1(4)2(5)6/h3-6,11-13H,7-10,14H2,1-2H3;(H,3,4)(H,5,6). The van der Waals surface area contributed by atoms with E-state index >= 15 is 0 Å². The van der Waals surface area contributed by atoms with Crippen LogP contribution in [0.2, 0.25) is 0 Å². The minimum Gasteiger partial charge on any atom is -0.497 e. The van der Waals surface area contributed by atoms with Crippen LogP contribution in [0.1, 0.15) is 15.9 Å². The molecule has 0 unspecified atom stereocenters. The topological polar surface area (TPSA) is 117 Å². The molecular formula is C22H25FN2O7. The number of carbonyl (C=O) groups excluding carboxylic acids is 1. The van der Waals surface area contributed by atoms with Gasteiger partial charge in [-0.3, -0.25) is 9.69 Å². The average molecular weight is 448 g/mol. The molecule has 1 heterocycles. The number of methoxy groups -OCH3 is 2. The second-order valence-electron chi connectivity index (χ2n) is 6.91. The highest BCUT2D eigenvalue weighted by molar-refractivity contribution is 6.27. The quantitative estimate of drug-likeness (QED) is 0.667. The molecule has 172 valence electrons. The summed E-state index contributed by atoms with van der Waals surface area (Å²) in [6, 6.07) is 11.8. The fraction of sp³-hybridized carbons (Fsp3) is 0.318. The van der Waals surface area contributed by atoms with E-state index in [1.54, 1.807) is 44.6 Å². The molecule has 0 aliphatic carbocycles. The van der Waals surface area contributed by atoms with Gasteiger partial charge in [0.1, 0.15) is 17.3 Å². The van der Waals surface area contributed by atoms with Crippen molar-refractivity contribution in [2.75, 3.05) is 40.4 Å². The van der Waals surface area contributed by atoms with E-state index in [0.29, 0.717) is 30.2 Å². The van der Waals surface area contributed by atoms with Gasteiger partial charge >= 0.3 is 11.9 Å². The van der Waals surface area contributed by atoms with Crippen molar-refractivity contribution in [3.8, 4) is 11.5 Å². The van der Waals surface area contributed by atoms with Crippen LogP contribution in [0.25, 0.3) is 0 Å². The Labute approximate surface area is 184 Å². The molecular weight excluding hydrogens is 423 g/mol. The smallest absolute Gasteiger partial charge is 0.414 e. The number of amides is 1. The number of hydrogen-bond acceptors (Lipinski definition) is 6. The average Bonchev–Trinajstić information content (AvgIpc) is 2.80. The number of ether oxygens (including phenoxy) is 2. The lowest BCUT2D eigenvalue weighted by atomic mass is 10.1. The van der Waals surface area contributed by atoms with E-state index in [1.807, 2.05) is 4.90 Å². The molecule has 1 aliphatic rings. The second-order valence-corrected chi connectivity index (χ2v) is 6.91. The molecule has 2 N–H and O–H groups in total. The first-order valence-electron chi connectivity index (χ1n) is 9.69. The molecule has 3 rings (SSSR count). The number of carboxylic acids is 2. The Morgan fingerprint density at radius 2 is 1.38 bits per heavy atom. The van der Waals surface area contributed by atoms with Gasteiger partial charge in [0.15, 0.2) is 0 Å². The fourth-order valence-electron chi connectivity index (χ4n) is 3.07. The van der Waals surface area contributed by atoms with E-state index in [9.17, 15) is 9.18 Å². The van der Waals surface area contributed by atoms with Gasteiger partial charge in [0.2, 0.25) is 0 Å². The van der Waals surface area contributed by atoms with Gasteiger partial charge in [-0.25, -0.2) is 14.0 Å². The third-order valence-electron chi connectivity index (χ3n) is 4.76. The highest BCUT2D eigenvalue weighted by Crippen LogP contribution is 2.24. The predicted octanol–water partition coefficient (Wildman–Crippen LogP) is 1.96. The van der Waals surface area contributed by atoms with Gasteiger partial charge in [0.25, 0.3) is 5.91 Å². The monoisotopic (exact) mass is 448 g/mol. The molecule has 0 bridgehead atoms. The van der Waals surface area contributed by atoms with Crippen molar-refractivity contribution < 1.29 is 38.5 Å². The highest BCUT2D eigenvalue weighted by atomic mass is 19.1. The molecule has 0 atom stereocenters. The summed E-state index contributed by atoms with van der Waals surface area (Å²) in [7, 11) is 3.13. The van der Waals surface area contributed by atoms with Gasteiger partial charge in [0, 0.05) is 44.4 Å². The SMILES string of the molecule is COc1cc(OC)cc(C(=O)N2CCN(Cc3ccc(F)cc3)CC2)c1.O=C(O)C(=O)O. The van der Waals surface area contributed by atoms with Gasteiger partial charge < -0.3 is 24.6 Å². The number of carbonyl (C=O) groups is 3. The summed E-state index contributed by atoms with van der Waals surface area (Å²) >= 11 is 0. The largest absolute Gasteiger partial charge is 0.497 e. The maximum Gasteiger partial charge on any atom is 0.414 e. The summed E-state index contributed by atoms with van der Waals surface area (Å²) in [6.07, 6.45) is 0. The zero-order chi connectivity index (χ0) is 23.7. The molecule has 10 heteroatoms. The lowest BCUT2D eigenvalue weighted by Gasteiger charge is -2.34. The van der Waals surface area contributed by atoms with Gasteiger partial charge in [-0.1, -0.05) is 12.1 Å². The molecule has 1 aliphatic heterocycles. The first kappa shape index (κ1) is 24.6. The number of rotatable bonds is 5. The molecule has 0 saturated carbocycles. The summed E-state index contributed by atoms with van der Waals surface area (Å²) < 4.78 is 23.5. The normalized spacial score (nSPS) is 13.5. The molecule has 1 fully saturated rings. The summed E-state index contributed by atoms with van der Waals surface area (Å²) in [5.74, 6) is -2.70. The summed E-state index contributed by atoms with van der Waals surface area (Å²) in [6.45, 7) is 3.63. The molecule has 2 aromatic rings. The van der Waals surface area contributed by atoms with Crippen LogP contribution in [0.4, 0.5) is 4.39 Å². The molecule has 0 aromatic heterocycles. The first-order valence-corrected chi connectivity index (χ1v) is 9.69. The van der Waals surface area contributed by atoms with Crippen molar-refractivity contribution in [2.24, 2.45) is 0 Å². The van der Waals surface area contributed by atoms with E-state index in [4.69, 9.17) is 29.3 Å². The van der Waals surface area contributed by atoms with Gasteiger partial charge in [-0.05, 0) is 29.8 Å². The number of nitrogens with zero attached hydrogens (tertiary/aromatic N) is 2. The van der Waals surface area contributed by atoms with E-state index in [0.717, 1.165) is 25.2 Å². The van der Waals surface area contributed by atoms with E-state index in [-0.39, 0.29) is 11.7 Å². The second kappa shape index (κ2) is 11.7. The van der Waals surface area contributed by atoms with Gasteiger partial charge in [-0.2, -0.15) is 0 Å². The zero-order valence-electron chi connectivity index (χ0n) is 17.8. The number of hydrogen-bond donors (Lipinski definition) is 2. The molecule has 1 amide bonds. The molecule has 2 aromatic carbocycles. The van der Waals surface area contributed by atoms with Crippen LogP contribution in [0.15, 0.2) is 42.5 Å². The van der Waals surface area contributed by atoms with Crippen molar-refractivity contribution in [1.29, 1.82) is 0 Å². The Kier molecular flexibility index (Phi) is 8.96. The van der Waals surface area contributed by atoms with Crippen LogP contribution in [-0.2, 0) is 16.1 Å². The summed E-state index contributed by atoms with van der Waals surface area (Å²) in [4.78, 5) is 35.1. The fourth-order valence-corrected chi connectivity index (χ4v) is 3.07. The van der Waals surface area contributed by atoms with Crippen molar-refractivity contribution in [3.63, 3.8) is 0 Å². The lowest BCUT2D eigenvalue weighted by Crippen LogP contribution is -2.48. The zero-order valence-corrected chi connectivity index (χ0v) is 17.8. The minimum absolute atomic E-state index is 0.0244. The highest BCUT2D eigenvalue weighted by Gasteiger charge is 2.23. The Hall–Kier alpha value is -3.66. The molecule has 9 nitrogen and oxygen atoms in total. The van der Waals surface area contributed by atoms with Crippen LogP contribution in [0.5, 0.6) is 11.5 Å². The molecule has 0 spiro atoms. The van der Waals surface area contributed by atoms with Crippen molar-refractivity contribution in [2.45, 2.75) is 6.54 Å². The number of aliphatic carboxylic acids is 2. The van der Waals surface area contributed by atoms with E-state index in [2.05, 4.69) is 4.90 Å². The van der Waals surface area contributed by atoms with Crippen molar-refractivity contribution >= 4 is 17.8 Å². The van der Waals surface area contributed by atoms with Crippen molar-refractivity contribution in [1.82, 2.24) is 9.80 Å². The number of halogens is 1. The Bertz CT molecular complexity index is 908. The van der Waals surface area contributed by atoms with Crippen LogP contribution >= 0.6 is 0 Å². The van der Waals surface area contributed by atoms with Crippen LogP contribution in [0.3, 0.4) is 0 Å². The van der Waals surface area contributed by atoms with Crippen LogP contribution < -0.4 is 9.47 Å². The maximum atomic E-state index is 13.0. The summed E-state index contributed by atoms with van der Waals surface area (Å²) in [5.41, 5.74) is 1.64. The summed E-state index contributed by atoms with van der Waals surface area (Å²) in [5, 5.41) is 14.8. The number of piperazine rings is 1. The Morgan fingerprint density at radius 1 is 0.875 bits per heavy atom. The lowest BCUT2D eigenvalue weighted by molar-refractivity contribution is -0.159. The van der Waals surface area contributed by atoms with Crippen LogP contribution in [0, 0.1) is 5.82 Å². The van der Waals surface area contributed by atoms with Crippen LogP contribution in [-0.4, -0.2) is 78.3 Å².